The number of methoxy groups -OCH3 is 1. The summed E-state index contributed by atoms with van der Waals surface area (Å²) in [6.07, 6.45) is -0.170. The summed E-state index contributed by atoms with van der Waals surface area (Å²) in [6, 6.07) is 15.8. The molecule has 13 heteroatoms. The van der Waals surface area contributed by atoms with Gasteiger partial charge in [-0.15, -0.1) is 11.3 Å². The second-order valence-electron chi connectivity index (χ2n) is 8.42. The van der Waals surface area contributed by atoms with Crippen LogP contribution in [0.3, 0.4) is 0 Å². The number of hydrogen-bond donors (Lipinski definition) is 3. The highest BCUT2D eigenvalue weighted by Gasteiger charge is 2.27. The van der Waals surface area contributed by atoms with Crippen LogP contribution in [-0.4, -0.2) is 38.6 Å². The summed E-state index contributed by atoms with van der Waals surface area (Å²) >= 11 is 2.95. The largest absolute Gasteiger partial charge is 0.453 e. The number of carbonyl (C=O) groups is 2. The van der Waals surface area contributed by atoms with Crippen molar-refractivity contribution in [1.29, 1.82) is 0 Å². The van der Waals surface area contributed by atoms with Crippen molar-refractivity contribution < 1.29 is 27.0 Å². The SMILES string of the molecule is COC(=O)N[C@@H](Cc1ccccc1)C(=O)N[C@@H](Cc1ccc(S(=O)(=O)ON)cc1)c1nc(-c2ccsc2)cs1. The number of thiophene rings is 1. The molecule has 0 spiro atoms. The number of amides is 2. The van der Waals surface area contributed by atoms with Crippen LogP contribution < -0.4 is 16.5 Å². The molecule has 0 aliphatic heterocycles. The van der Waals surface area contributed by atoms with Gasteiger partial charge in [-0.1, -0.05) is 42.5 Å². The molecule has 0 aliphatic carbocycles. The van der Waals surface area contributed by atoms with E-state index in [0.29, 0.717) is 11.4 Å². The fourth-order valence-corrected chi connectivity index (χ4v) is 5.92. The van der Waals surface area contributed by atoms with Gasteiger partial charge in [0, 0.05) is 22.7 Å². The van der Waals surface area contributed by atoms with Gasteiger partial charge in [0.1, 0.15) is 11.0 Å². The number of nitrogens with one attached hydrogen (secondary N) is 2. The zero-order valence-electron chi connectivity index (χ0n) is 20.8. The van der Waals surface area contributed by atoms with Gasteiger partial charge in [-0.25, -0.2) is 9.78 Å². The highest BCUT2D eigenvalue weighted by atomic mass is 32.2. The predicted molar refractivity (Wildman–Crippen MR) is 148 cm³/mol. The zero-order valence-corrected chi connectivity index (χ0v) is 23.2. The Morgan fingerprint density at radius 3 is 2.33 bits per heavy atom. The maximum atomic E-state index is 13.5. The molecule has 204 valence electrons. The van der Waals surface area contributed by atoms with Crippen LogP contribution in [0.2, 0.25) is 0 Å². The lowest BCUT2D eigenvalue weighted by atomic mass is 10.0. The summed E-state index contributed by atoms with van der Waals surface area (Å²) in [7, 11) is -2.81. The number of ether oxygens (including phenoxy) is 1. The first-order valence-corrected chi connectivity index (χ1v) is 14.9. The smallest absolute Gasteiger partial charge is 0.407 e. The minimum Gasteiger partial charge on any atom is -0.453 e. The van der Waals surface area contributed by atoms with E-state index >= 15 is 0 Å². The van der Waals surface area contributed by atoms with Gasteiger partial charge in [0.25, 0.3) is 0 Å². The molecule has 0 saturated carbocycles. The molecule has 4 N–H and O–H groups in total. The van der Waals surface area contributed by atoms with Gasteiger partial charge in [-0.05, 0) is 41.1 Å². The normalized spacial score (nSPS) is 12.9. The van der Waals surface area contributed by atoms with Gasteiger partial charge < -0.3 is 15.4 Å². The third-order valence-electron chi connectivity index (χ3n) is 5.81. The van der Waals surface area contributed by atoms with E-state index in [9.17, 15) is 18.0 Å². The Bertz CT molecular complexity index is 1490. The average molecular weight is 587 g/mol. The second-order valence-corrected chi connectivity index (χ2v) is 11.7. The van der Waals surface area contributed by atoms with Crippen molar-refractivity contribution in [3.05, 3.63) is 92.9 Å². The fourth-order valence-electron chi connectivity index (χ4n) is 3.81. The molecule has 0 unspecified atom stereocenters. The van der Waals surface area contributed by atoms with Crippen LogP contribution in [0.4, 0.5) is 4.79 Å². The van der Waals surface area contributed by atoms with Gasteiger partial charge in [-0.3, -0.25) is 4.79 Å². The minimum absolute atomic E-state index is 0.0893. The summed E-state index contributed by atoms with van der Waals surface area (Å²) in [5.41, 5.74) is 3.35. The van der Waals surface area contributed by atoms with E-state index in [2.05, 4.69) is 14.9 Å². The molecule has 2 aromatic heterocycles. The number of benzene rings is 2. The molecular formula is C26H26N4O6S3. The van der Waals surface area contributed by atoms with Gasteiger partial charge >= 0.3 is 16.2 Å². The maximum absolute atomic E-state index is 13.5. The average Bonchev–Trinajstić information content (AvgIpc) is 3.66. The molecule has 2 heterocycles. The van der Waals surface area contributed by atoms with Crippen molar-refractivity contribution in [3.63, 3.8) is 0 Å². The molecule has 2 aromatic carbocycles. The van der Waals surface area contributed by atoms with Crippen LogP contribution >= 0.6 is 22.7 Å². The van der Waals surface area contributed by atoms with E-state index in [4.69, 9.17) is 15.6 Å². The lowest BCUT2D eigenvalue weighted by molar-refractivity contribution is -0.123. The number of rotatable bonds is 11. The predicted octanol–water partition coefficient (Wildman–Crippen LogP) is 3.82. The molecule has 0 saturated heterocycles. The van der Waals surface area contributed by atoms with Crippen molar-refractivity contribution >= 4 is 44.8 Å². The Balaban J connectivity index is 1.61. The molecule has 4 aromatic rings. The Morgan fingerprint density at radius 1 is 0.974 bits per heavy atom. The van der Waals surface area contributed by atoms with Gasteiger partial charge in [0.05, 0.1) is 23.7 Å². The monoisotopic (exact) mass is 586 g/mol. The molecule has 4 rings (SSSR count). The van der Waals surface area contributed by atoms with E-state index in [0.717, 1.165) is 22.4 Å². The van der Waals surface area contributed by atoms with E-state index < -0.39 is 34.2 Å². The first kappa shape index (κ1) is 28.4. The number of nitrogens with zero attached hydrogens (tertiary/aromatic N) is 1. The molecule has 2 atom stereocenters. The van der Waals surface area contributed by atoms with Crippen LogP contribution in [0.5, 0.6) is 0 Å². The standard InChI is InChI=1S/C26H26N4O6S3/c1-35-26(32)30-21(13-17-5-3-2-4-6-17)24(31)28-22(25-29-23(16-38-25)19-11-12-37-15-19)14-18-7-9-20(10-8-18)39(33,34)36-27/h2-12,15-16,21-22H,13-14,27H2,1H3,(H,28,31)(H,30,32)/t21-,22-/m0/s1. The molecule has 0 fully saturated rings. The summed E-state index contributed by atoms with van der Waals surface area (Å²) in [5, 5.41) is 12.2. The fraction of sp³-hybridized carbons (Fsp3) is 0.192. The first-order valence-electron chi connectivity index (χ1n) is 11.7. The van der Waals surface area contributed by atoms with Crippen LogP contribution in [0.1, 0.15) is 22.2 Å². The Hall–Kier alpha value is -3.62. The summed E-state index contributed by atoms with van der Waals surface area (Å²) < 4.78 is 32.6. The summed E-state index contributed by atoms with van der Waals surface area (Å²) in [6.45, 7) is 0. The minimum atomic E-state index is -4.04. The number of nitrogens with two attached hydrogens (primary N) is 1. The molecule has 0 aliphatic rings. The van der Waals surface area contributed by atoms with Crippen LogP contribution in [0, 0.1) is 0 Å². The van der Waals surface area contributed by atoms with Crippen molar-refractivity contribution in [2.45, 2.75) is 29.8 Å². The highest BCUT2D eigenvalue weighted by molar-refractivity contribution is 7.86. The van der Waals surface area contributed by atoms with Gasteiger partial charge in [0.15, 0.2) is 0 Å². The van der Waals surface area contributed by atoms with Crippen LogP contribution in [0.15, 0.2) is 81.7 Å². The Labute approximate surface area is 233 Å². The highest BCUT2D eigenvalue weighted by Crippen LogP contribution is 2.29. The molecule has 0 bridgehead atoms. The van der Waals surface area contributed by atoms with E-state index in [1.165, 1.54) is 30.6 Å². The van der Waals surface area contributed by atoms with Gasteiger partial charge in [-0.2, -0.15) is 29.9 Å². The molecule has 0 radical (unpaired) electrons. The summed E-state index contributed by atoms with van der Waals surface area (Å²) in [4.78, 5) is 30.2. The number of carbonyl (C=O) groups excluding carboxylic acids is 2. The van der Waals surface area contributed by atoms with E-state index in [-0.39, 0.29) is 11.3 Å². The van der Waals surface area contributed by atoms with Crippen molar-refractivity contribution in [2.75, 3.05) is 7.11 Å². The molecule has 10 nitrogen and oxygen atoms in total. The third kappa shape index (κ3) is 7.49. The van der Waals surface area contributed by atoms with Crippen LogP contribution in [0.25, 0.3) is 11.3 Å². The Morgan fingerprint density at radius 2 is 1.69 bits per heavy atom. The van der Waals surface area contributed by atoms with E-state index in [1.54, 1.807) is 23.5 Å². The first-order chi connectivity index (χ1) is 18.8. The van der Waals surface area contributed by atoms with Gasteiger partial charge in [0.2, 0.25) is 5.91 Å². The zero-order chi connectivity index (χ0) is 27.8. The third-order valence-corrected chi connectivity index (χ3v) is 8.55. The number of thiazole rings is 1. The van der Waals surface area contributed by atoms with Crippen LogP contribution in [-0.2, 0) is 36.8 Å². The number of aromatic nitrogens is 1. The molecule has 2 amide bonds. The van der Waals surface area contributed by atoms with Crippen molar-refractivity contribution in [2.24, 2.45) is 5.90 Å². The maximum Gasteiger partial charge on any atom is 0.407 e. The number of alkyl carbamates (subject to hydrolysis) is 1. The summed E-state index contributed by atoms with van der Waals surface area (Å²) in [5.74, 6) is 4.46. The lowest BCUT2D eigenvalue weighted by Gasteiger charge is -2.22. The topological polar surface area (TPSA) is 150 Å². The van der Waals surface area contributed by atoms with Crippen molar-refractivity contribution in [1.82, 2.24) is 15.6 Å². The Kier molecular flexibility index (Phi) is 9.43. The van der Waals surface area contributed by atoms with E-state index in [1.807, 2.05) is 52.5 Å². The molecule has 39 heavy (non-hydrogen) atoms. The lowest BCUT2D eigenvalue weighted by Crippen LogP contribution is -2.49. The number of hydrogen-bond acceptors (Lipinski definition) is 10. The quantitative estimate of drug-likeness (QED) is 0.225. The van der Waals surface area contributed by atoms with Crippen molar-refractivity contribution in [3.8, 4) is 11.3 Å². The molecular weight excluding hydrogens is 561 g/mol. The second kappa shape index (κ2) is 13.0.